The molecule has 2 rings (SSSR count). The van der Waals surface area contributed by atoms with E-state index in [-0.39, 0.29) is 0 Å². The van der Waals surface area contributed by atoms with Crippen LogP contribution in [0.1, 0.15) is 31.7 Å². The number of hydrogen-bond donors (Lipinski definition) is 1. The Balaban J connectivity index is 1.85. The summed E-state index contributed by atoms with van der Waals surface area (Å²) in [6.07, 6.45) is 4.36. The van der Waals surface area contributed by atoms with E-state index in [9.17, 15) is 8.78 Å². The molecule has 1 fully saturated rings. The highest BCUT2D eigenvalue weighted by molar-refractivity contribution is 5.19. The summed E-state index contributed by atoms with van der Waals surface area (Å²) in [6, 6.07) is 3.85. The molecule has 0 bridgehead atoms. The third-order valence-electron chi connectivity index (χ3n) is 3.83. The third-order valence-corrected chi connectivity index (χ3v) is 3.83. The lowest BCUT2D eigenvalue weighted by atomic mass is 9.70. The Labute approximate surface area is 108 Å². The molecule has 18 heavy (non-hydrogen) atoms. The van der Waals surface area contributed by atoms with Crippen LogP contribution >= 0.6 is 0 Å². The van der Waals surface area contributed by atoms with Gasteiger partial charge in [-0.15, -0.1) is 0 Å². The van der Waals surface area contributed by atoms with Crippen LogP contribution in [0.25, 0.3) is 0 Å². The molecule has 1 aliphatic carbocycles. The molecule has 1 aromatic carbocycles. The van der Waals surface area contributed by atoms with E-state index >= 15 is 0 Å². The van der Waals surface area contributed by atoms with Gasteiger partial charge in [-0.3, -0.25) is 0 Å². The summed E-state index contributed by atoms with van der Waals surface area (Å²) in [5.74, 6) is 0.313. The van der Waals surface area contributed by atoms with Gasteiger partial charge in [-0.1, -0.05) is 6.92 Å². The molecule has 0 saturated heterocycles. The summed E-state index contributed by atoms with van der Waals surface area (Å²) in [5, 5.41) is 3.43. The average molecular weight is 253 g/mol. The third kappa shape index (κ3) is 3.52. The van der Waals surface area contributed by atoms with Gasteiger partial charge in [0, 0.05) is 6.07 Å². The fourth-order valence-corrected chi connectivity index (χ4v) is 2.67. The van der Waals surface area contributed by atoms with Crippen LogP contribution in [0.5, 0.6) is 0 Å². The average Bonchev–Trinajstić information content (AvgIpc) is 2.29. The van der Waals surface area contributed by atoms with Crippen LogP contribution in [0.15, 0.2) is 18.2 Å². The number of hydrogen-bond acceptors (Lipinski definition) is 1. The molecule has 1 saturated carbocycles. The number of nitrogens with one attached hydrogen (secondary N) is 1. The standard InChI is InChI=1S/C15H21F2N/c1-2-5-18-10-13-4-3-12(13)6-11-7-14(16)9-15(17)8-11/h7-9,12-13,18H,2-6,10H2,1H3. The van der Waals surface area contributed by atoms with E-state index < -0.39 is 11.6 Å². The van der Waals surface area contributed by atoms with E-state index in [0.717, 1.165) is 37.6 Å². The van der Waals surface area contributed by atoms with E-state index in [1.807, 2.05) is 0 Å². The highest BCUT2D eigenvalue weighted by Crippen LogP contribution is 2.36. The molecule has 0 radical (unpaired) electrons. The molecular weight excluding hydrogens is 232 g/mol. The zero-order chi connectivity index (χ0) is 13.0. The van der Waals surface area contributed by atoms with Crippen molar-refractivity contribution in [3.8, 4) is 0 Å². The zero-order valence-electron chi connectivity index (χ0n) is 10.9. The minimum atomic E-state index is -0.468. The molecule has 2 unspecified atom stereocenters. The van der Waals surface area contributed by atoms with Crippen LogP contribution in [0, 0.1) is 23.5 Å². The number of benzene rings is 1. The van der Waals surface area contributed by atoms with E-state index in [2.05, 4.69) is 12.2 Å². The van der Waals surface area contributed by atoms with E-state index in [0.29, 0.717) is 11.8 Å². The molecule has 0 aromatic heterocycles. The topological polar surface area (TPSA) is 12.0 Å². The minimum absolute atomic E-state index is 0.468. The predicted octanol–water partition coefficient (Wildman–Crippen LogP) is 3.53. The maximum atomic E-state index is 13.1. The summed E-state index contributed by atoms with van der Waals surface area (Å²) < 4.78 is 26.2. The summed E-state index contributed by atoms with van der Waals surface area (Å²) in [7, 11) is 0. The summed E-state index contributed by atoms with van der Waals surface area (Å²) in [4.78, 5) is 0. The highest BCUT2D eigenvalue weighted by atomic mass is 19.1. The molecule has 0 spiro atoms. The zero-order valence-corrected chi connectivity index (χ0v) is 10.9. The van der Waals surface area contributed by atoms with Gasteiger partial charge < -0.3 is 5.32 Å². The second-order valence-corrected chi connectivity index (χ2v) is 5.28. The van der Waals surface area contributed by atoms with Crippen molar-refractivity contribution >= 4 is 0 Å². The Kier molecular flexibility index (Phi) is 4.70. The van der Waals surface area contributed by atoms with E-state index in [1.165, 1.54) is 25.0 Å². The predicted molar refractivity (Wildman–Crippen MR) is 69.4 cm³/mol. The molecule has 1 aliphatic rings. The maximum Gasteiger partial charge on any atom is 0.126 e. The molecule has 1 nitrogen and oxygen atoms in total. The molecule has 3 heteroatoms. The molecule has 100 valence electrons. The lowest BCUT2D eigenvalue weighted by Crippen LogP contribution is -2.36. The van der Waals surface area contributed by atoms with Crippen LogP contribution in [-0.4, -0.2) is 13.1 Å². The first kappa shape index (κ1) is 13.5. The summed E-state index contributed by atoms with van der Waals surface area (Å²) in [5.41, 5.74) is 0.790. The first-order chi connectivity index (χ1) is 8.69. The normalized spacial score (nSPS) is 22.8. The van der Waals surface area contributed by atoms with Gasteiger partial charge in [-0.25, -0.2) is 8.78 Å². The first-order valence-electron chi connectivity index (χ1n) is 6.84. The summed E-state index contributed by atoms with van der Waals surface area (Å²) in [6.45, 7) is 4.24. The molecule has 2 atom stereocenters. The van der Waals surface area contributed by atoms with Crippen molar-refractivity contribution < 1.29 is 8.78 Å². The number of rotatable bonds is 6. The number of halogens is 2. The van der Waals surface area contributed by atoms with E-state index in [4.69, 9.17) is 0 Å². The lowest BCUT2D eigenvalue weighted by molar-refractivity contribution is 0.171. The Bertz CT molecular complexity index is 372. The van der Waals surface area contributed by atoms with Crippen molar-refractivity contribution in [2.45, 2.75) is 32.6 Å². The molecule has 0 amide bonds. The van der Waals surface area contributed by atoms with Gasteiger partial charge in [0.1, 0.15) is 11.6 Å². The Morgan fingerprint density at radius 1 is 1.11 bits per heavy atom. The van der Waals surface area contributed by atoms with Crippen LogP contribution in [0.4, 0.5) is 8.78 Å². The second-order valence-electron chi connectivity index (χ2n) is 5.28. The Morgan fingerprint density at radius 2 is 1.78 bits per heavy atom. The van der Waals surface area contributed by atoms with Gasteiger partial charge in [-0.2, -0.15) is 0 Å². The molecular formula is C15H21F2N. The maximum absolute atomic E-state index is 13.1. The van der Waals surface area contributed by atoms with Crippen molar-refractivity contribution in [3.63, 3.8) is 0 Å². The van der Waals surface area contributed by atoms with Crippen molar-refractivity contribution in [1.82, 2.24) is 5.32 Å². The van der Waals surface area contributed by atoms with Crippen molar-refractivity contribution in [2.75, 3.05) is 13.1 Å². The smallest absolute Gasteiger partial charge is 0.126 e. The van der Waals surface area contributed by atoms with Gasteiger partial charge in [0.05, 0.1) is 0 Å². The minimum Gasteiger partial charge on any atom is -0.316 e. The van der Waals surface area contributed by atoms with Crippen molar-refractivity contribution in [1.29, 1.82) is 0 Å². The van der Waals surface area contributed by atoms with Gasteiger partial charge in [-0.05, 0) is 68.3 Å². The van der Waals surface area contributed by atoms with E-state index in [1.54, 1.807) is 0 Å². The molecule has 0 aliphatic heterocycles. The van der Waals surface area contributed by atoms with Crippen molar-refractivity contribution in [2.24, 2.45) is 11.8 Å². The fraction of sp³-hybridized carbons (Fsp3) is 0.600. The fourth-order valence-electron chi connectivity index (χ4n) is 2.67. The van der Waals surface area contributed by atoms with Crippen LogP contribution in [-0.2, 0) is 6.42 Å². The molecule has 0 heterocycles. The van der Waals surface area contributed by atoms with Crippen LogP contribution in [0.2, 0.25) is 0 Å². The summed E-state index contributed by atoms with van der Waals surface area (Å²) >= 11 is 0. The Morgan fingerprint density at radius 3 is 2.33 bits per heavy atom. The van der Waals surface area contributed by atoms with Gasteiger partial charge in [0.25, 0.3) is 0 Å². The van der Waals surface area contributed by atoms with Gasteiger partial charge in [0.15, 0.2) is 0 Å². The van der Waals surface area contributed by atoms with Gasteiger partial charge >= 0.3 is 0 Å². The monoisotopic (exact) mass is 253 g/mol. The molecule has 1 aromatic rings. The van der Waals surface area contributed by atoms with Crippen LogP contribution < -0.4 is 5.32 Å². The quantitative estimate of drug-likeness (QED) is 0.765. The first-order valence-corrected chi connectivity index (χ1v) is 6.84. The SMILES string of the molecule is CCCNCC1CCC1Cc1cc(F)cc(F)c1. The van der Waals surface area contributed by atoms with Crippen molar-refractivity contribution in [3.05, 3.63) is 35.4 Å². The van der Waals surface area contributed by atoms with Crippen LogP contribution in [0.3, 0.4) is 0 Å². The lowest BCUT2D eigenvalue weighted by Gasteiger charge is -2.37. The molecule has 1 N–H and O–H groups in total. The Hall–Kier alpha value is -0.960. The van der Waals surface area contributed by atoms with Gasteiger partial charge in [0.2, 0.25) is 0 Å². The second kappa shape index (κ2) is 6.28. The largest absolute Gasteiger partial charge is 0.316 e. The highest BCUT2D eigenvalue weighted by Gasteiger charge is 2.30.